The Morgan fingerprint density at radius 2 is 2.00 bits per heavy atom. The third-order valence-electron chi connectivity index (χ3n) is 5.08. The molecule has 0 saturated carbocycles. The van der Waals surface area contributed by atoms with E-state index in [-0.39, 0.29) is 11.7 Å². The number of carbonyl (C=O) groups is 1. The SMILES string of the molecule is Cc1nnc2n1CCN(Cc1cn[nH]c1-c1ccc(F)cc1)[C@H]2C(=O)N(C)C. The minimum absolute atomic E-state index is 0.0415. The lowest BCUT2D eigenvalue weighted by atomic mass is 10.1. The number of aromatic amines is 1. The monoisotopic (exact) mass is 383 g/mol. The third-order valence-corrected chi connectivity index (χ3v) is 5.08. The number of halogens is 1. The van der Waals surface area contributed by atoms with Crippen molar-refractivity contribution in [2.75, 3.05) is 20.6 Å². The molecular formula is C19H22FN7O. The van der Waals surface area contributed by atoms with Crippen molar-refractivity contribution >= 4 is 5.91 Å². The Kier molecular flexibility index (Phi) is 4.68. The first kappa shape index (κ1) is 18.3. The highest BCUT2D eigenvalue weighted by molar-refractivity contribution is 5.82. The van der Waals surface area contributed by atoms with Gasteiger partial charge in [0.05, 0.1) is 11.9 Å². The minimum atomic E-state index is -0.513. The average molecular weight is 383 g/mol. The number of H-pyrrole nitrogens is 1. The summed E-state index contributed by atoms with van der Waals surface area (Å²) in [5, 5.41) is 15.6. The molecule has 0 spiro atoms. The van der Waals surface area contributed by atoms with E-state index in [1.54, 1.807) is 37.3 Å². The molecule has 0 fully saturated rings. The van der Waals surface area contributed by atoms with Gasteiger partial charge in [0.2, 0.25) is 5.91 Å². The normalized spacial score (nSPS) is 16.8. The lowest BCUT2D eigenvalue weighted by Gasteiger charge is -2.35. The van der Waals surface area contributed by atoms with Crippen LogP contribution in [0.4, 0.5) is 4.39 Å². The molecule has 0 unspecified atom stereocenters. The zero-order chi connectivity index (χ0) is 19.8. The Morgan fingerprint density at radius 3 is 2.71 bits per heavy atom. The molecule has 1 N–H and O–H groups in total. The van der Waals surface area contributed by atoms with E-state index in [0.29, 0.717) is 18.9 Å². The Morgan fingerprint density at radius 1 is 1.25 bits per heavy atom. The summed E-state index contributed by atoms with van der Waals surface area (Å²) in [6.45, 7) is 3.81. The fourth-order valence-electron chi connectivity index (χ4n) is 3.59. The van der Waals surface area contributed by atoms with E-state index < -0.39 is 6.04 Å². The van der Waals surface area contributed by atoms with Crippen molar-refractivity contribution in [1.29, 1.82) is 0 Å². The van der Waals surface area contributed by atoms with Gasteiger partial charge < -0.3 is 9.47 Å². The summed E-state index contributed by atoms with van der Waals surface area (Å²) in [6.07, 6.45) is 1.75. The van der Waals surface area contributed by atoms with Gasteiger partial charge in [-0.2, -0.15) is 5.10 Å². The van der Waals surface area contributed by atoms with Crippen LogP contribution >= 0.6 is 0 Å². The predicted molar refractivity (Wildman–Crippen MR) is 101 cm³/mol. The average Bonchev–Trinajstić information content (AvgIpc) is 3.29. The van der Waals surface area contributed by atoms with E-state index in [0.717, 1.165) is 29.2 Å². The number of rotatable bonds is 4. The highest BCUT2D eigenvalue weighted by atomic mass is 19.1. The van der Waals surface area contributed by atoms with E-state index >= 15 is 0 Å². The van der Waals surface area contributed by atoms with Gasteiger partial charge >= 0.3 is 0 Å². The fourth-order valence-corrected chi connectivity index (χ4v) is 3.59. The zero-order valence-electron chi connectivity index (χ0n) is 16.1. The molecule has 3 heterocycles. The van der Waals surface area contributed by atoms with Crippen LogP contribution in [-0.4, -0.2) is 61.3 Å². The summed E-state index contributed by atoms with van der Waals surface area (Å²) in [6, 6.07) is 5.76. The second kappa shape index (κ2) is 7.16. The van der Waals surface area contributed by atoms with Gasteiger partial charge in [-0.05, 0) is 31.2 Å². The predicted octanol–water partition coefficient (Wildman–Crippen LogP) is 1.76. The topological polar surface area (TPSA) is 82.9 Å². The van der Waals surface area contributed by atoms with E-state index in [1.807, 2.05) is 11.5 Å². The van der Waals surface area contributed by atoms with Crippen molar-refractivity contribution in [2.24, 2.45) is 0 Å². The molecule has 3 aromatic rings. The summed E-state index contributed by atoms with van der Waals surface area (Å²) in [7, 11) is 3.48. The maximum absolute atomic E-state index is 13.3. The molecule has 1 aliphatic rings. The Bertz CT molecular complexity index is 992. The van der Waals surface area contributed by atoms with Crippen LogP contribution in [0.2, 0.25) is 0 Å². The number of aromatic nitrogens is 5. The largest absolute Gasteiger partial charge is 0.347 e. The number of likely N-dealkylation sites (N-methyl/N-ethyl adjacent to an activating group) is 1. The number of benzene rings is 1. The summed E-state index contributed by atoms with van der Waals surface area (Å²) in [4.78, 5) is 16.6. The number of carbonyl (C=O) groups excluding carboxylic acids is 1. The van der Waals surface area contributed by atoms with Gasteiger partial charge in [-0.3, -0.25) is 14.8 Å². The van der Waals surface area contributed by atoms with E-state index in [9.17, 15) is 9.18 Å². The molecule has 8 nitrogen and oxygen atoms in total. The molecule has 1 atom stereocenters. The molecule has 9 heteroatoms. The lowest BCUT2D eigenvalue weighted by Crippen LogP contribution is -2.45. The van der Waals surface area contributed by atoms with E-state index in [2.05, 4.69) is 25.3 Å². The van der Waals surface area contributed by atoms with Gasteiger partial charge in [0.1, 0.15) is 11.6 Å². The Hall–Kier alpha value is -3.07. The molecule has 1 amide bonds. The van der Waals surface area contributed by atoms with Crippen LogP contribution in [0.5, 0.6) is 0 Å². The number of hydrogen-bond donors (Lipinski definition) is 1. The molecule has 0 radical (unpaired) electrons. The van der Waals surface area contributed by atoms with Crippen molar-refractivity contribution < 1.29 is 9.18 Å². The van der Waals surface area contributed by atoms with Crippen LogP contribution in [0, 0.1) is 12.7 Å². The molecular weight excluding hydrogens is 361 g/mol. The first-order chi connectivity index (χ1) is 13.5. The first-order valence-corrected chi connectivity index (χ1v) is 9.09. The molecule has 2 aromatic heterocycles. The van der Waals surface area contributed by atoms with Gasteiger partial charge in [0.15, 0.2) is 11.9 Å². The Balaban J connectivity index is 1.67. The summed E-state index contributed by atoms with van der Waals surface area (Å²) >= 11 is 0. The number of amides is 1. The molecule has 1 aromatic carbocycles. The number of aryl methyl sites for hydroxylation is 1. The molecule has 1 aliphatic heterocycles. The summed E-state index contributed by atoms with van der Waals surface area (Å²) in [5.74, 6) is 1.14. The molecule has 4 rings (SSSR count). The van der Waals surface area contributed by atoms with Crippen molar-refractivity contribution in [1.82, 2.24) is 34.8 Å². The molecule has 0 saturated heterocycles. The van der Waals surface area contributed by atoms with Gasteiger partial charge in [0.25, 0.3) is 0 Å². The van der Waals surface area contributed by atoms with Crippen molar-refractivity contribution in [3.8, 4) is 11.3 Å². The van der Waals surface area contributed by atoms with Crippen molar-refractivity contribution in [2.45, 2.75) is 26.1 Å². The summed E-state index contributed by atoms with van der Waals surface area (Å²) < 4.78 is 15.3. The second-order valence-corrected chi connectivity index (χ2v) is 7.14. The molecule has 0 aliphatic carbocycles. The van der Waals surface area contributed by atoms with Crippen LogP contribution in [0.1, 0.15) is 23.3 Å². The fraction of sp³-hybridized carbons (Fsp3) is 0.368. The molecule has 146 valence electrons. The highest BCUT2D eigenvalue weighted by Gasteiger charge is 2.37. The van der Waals surface area contributed by atoms with Gasteiger partial charge in [-0.25, -0.2) is 4.39 Å². The van der Waals surface area contributed by atoms with Crippen LogP contribution in [-0.2, 0) is 17.9 Å². The third kappa shape index (κ3) is 3.18. The molecule has 28 heavy (non-hydrogen) atoms. The second-order valence-electron chi connectivity index (χ2n) is 7.14. The quantitative estimate of drug-likeness (QED) is 0.742. The lowest BCUT2D eigenvalue weighted by molar-refractivity contribution is -0.136. The van der Waals surface area contributed by atoms with Crippen molar-refractivity contribution in [3.05, 3.63) is 53.5 Å². The van der Waals surface area contributed by atoms with Crippen LogP contribution in [0.3, 0.4) is 0 Å². The number of nitrogens with zero attached hydrogens (tertiary/aromatic N) is 6. The maximum atomic E-state index is 13.3. The zero-order valence-corrected chi connectivity index (χ0v) is 16.1. The minimum Gasteiger partial charge on any atom is -0.347 e. The smallest absolute Gasteiger partial charge is 0.247 e. The van der Waals surface area contributed by atoms with Crippen molar-refractivity contribution in [3.63, 3.8) is 0 Å². The van der Waals surface area contributed by atoms with E-state index in [4.69, 9.17) is 0 Å². The number of fused-ring (bicyclic) bond motifs is 1. The molecule has 0 bridgehead atoms. The van der Waals surface area contributed by atoms with Crippen LogP contribution < -0.4 is 0 Å². The van der Waals surface area contributed by atoms with Gasteiger partial charge in [0, 0.05) is 44.9 Å². The number of nitrogens with one attached hydrogen (secondary N) is 1. The van der Waals surface area contributed by atoms with Crippen LogP contribution in [0.15, 0.2) is 30.5 Å². The van der Waals surface area contributed by atoms with Gasteiger partial charge in [-0.1, -0.05) is 0 Å². The standard InChI is InChI=1S/C19H22FN7O/c1-12-22-24-18-17(19(28)25(2)3)26(8-9-27(12)18)11-14-10-21-23-16(14)13-4-6-15(20)7-5-13/h4-7,10,17H,8-9,11H2,1-3H3,(H,21,23)/t17-/m1/s1. The van der Waals surface area contributed by atoms with E-state index in [1.165, 1.54) is 12.1 Å². The highest BCUT2D eigenvalue weighted by Crippen LogP contribution is 2.30. The Labute approximate surface area is 162 Å². The van der Waals surface area contributed by atoms with Gasteiger partial charge in [-0.15, -0.1) is 10.2 Å². The maximum Gasteiger partial charge on any atom is 0.247 e. The first-order valence-electron chi connectivity index (χ1n) is 9.09. The number of hydrogen-bond acceptors (Lipinski definition) is 5. The van der Waals surface area contributed by atoms with Crippen LogP contribution in [0.25, 0.3) is 11.3 Å². The summed E-state index contributed by atoms with van der Waals surface area (Å²) in [5.41, 5.74) is 2.60.